The fourth-order valence-corrected chi connectivity index (χ4v) is 11.3. The number of hydrogen-bond donors (Lipinski definition) is 1. The first kappa shape index (κ1) is 43.4. The van der Waals surface area contributed by atoms with E-state index in [0.29, 0.717) is 46.5 Å². The maximum atomic E-state index is 13.7. The van der Waals surface area contributed by atoms with Crippen molar-refractivity contribution in [3.8, 4) is 17.6 Å². The van der Waals surface area contributed by atoms with Crippen molar-refractivity contribution in [2.75, 3.05) is 24.5 Å². The smallest absolute Gasteiger partial charge is 0.262 e. The number of piperidine rings is 2. The van der Waals surface area contributed by atoms with E-state index < -0.39 is 29.7 Å². The number of imide groups is 2. The van der Waals surface area contributed by atoms with E-state index in [2.05, 4.69) is 74.9 Å². The fourth-order valence-electron chi connectivity index (χ4n) is 11.0. The minimum atomic E-state index is -1.000. The van der Waals surface area contributed by atoms with Gasteiger partial charge in [0, 0.05) is 85.5 Å². The van der Waals surface area contributed by atoms with Crippen LogP contribution in [-0.4, -0.2) is 89.2 Å². The molecule has 8 rings (SSSR count). The molecular formula is C49H56ClN5O7. The molecule has 12 nitrogen and oxygen atoms in total. The lowest BCUT2D eigenvalue weighted by Crippen LogP contribution is -2.66. The number of anilines is 1. The molecule has 2 aliphatic carbocycles. The van der Waals surface area contributed by atoms with Gasteiger partial charge in [0.25, 0.3) is 11.8 Å². The minimum Gasteiger partial charge on any atom is -0.490 e. The molecule has 326 valence electrons. The molecule has 1 N–H and O–H groups in total. The normalized spacial score (nSPS) is 25.5. The summed E-state index contributed by atoms with van der Waals surface area (Å²) in [6, 6.07) is 20.0. The first-order valence-electron chi connectivity index (χ1n) is 22.0. The van der Waals surface area contributed by atoms with Gasteiger partial charge >= 0.3 is 0 Å². The number of hydrogen-bond acceptors (Lipinski definition) is 10. The van der Waals surface area contributed by atoms with Gasteiger partial charge in [0.2, 0.25) is 11.8 Å². The zero-order valence-corrected chi connectivity index (χ0v) is 37.2. The SMILES string of the molecule is CC(C)N(CC1CCN(c2ccc(C(=O)CC3C(C)(C)C(Oc4ccc(C#N)c(Cl)c4)C3(C)C)cc2)CC1)C1CC(Oc2ccc3c(c2)C(=O)N(C2CCC(=O)NC2=O)C3=O)C1. The van der Waals surface area contributed by atoms with Crippen molar-refractivity contribution < 1.29 is 33.4 Å². The van der Waals surface area contributed by atoms with Gasteiger partial charge in [-0.15, -0.1) is 0 Å². The summed E-state index contributed by atoms with van der Waals surface area (Å²) in [7, 11) is 0. The maximum Gasteiger partial charge on any atom is 0.262 e. The van der Waals surface area contributed by atoms with E-state index in [4.69, 9.17) is 21.1 Å². The van der Waals surface area contributed by atoms with Crippen molar-refractivity contribution in [3.05, 3.63) is 87.9 Å². The summed E-state index contributed by atoms with van der Waals surface area (Å²) < 4.78 is 12.7. The van der Waals surface area contributed by atoms with Crippen LogP contribution in [0.2, 0.25) is 5.02 Å². The summed E-state index contributed by atoms with van der Waals surface area (Å²) >= 11 is 6.27. The largest absolute Gasteiger partial charge is 0.490 e. The van der Waals surface area contributed by atoms with Gasteiger partial charge in [-0.2, -0.15) is 5.26 Å². The van der Waals surface area contributed by atoms with E-state index in [9.17, 15) is 29.2 Å². The van der Waals surface area contributed by atoms with Crippen LogP contribution in [0.5, 0.6) is 11.5 Å². The number of amides is 4. The molecule has 3 aromatic carbocycles. The fraction of sp³-hybridized carbons (Fsp3) is 0.510. The summed E-state index contributed by atoms with van der Waals surface area (Å²) in [6.45, 7) is 16.1. The first-order valence-corrected chi connectivity index (χ1v) is 22.4. The van der Waals surface area contributed by atoms with Crippen molar-refractivity contribution in [2.45, 2.75) is 117 Å². The Hall–Kier alpha value is -5.25. The summed E-state index contributed by atoms with van der Waals surface area (Å²) in [5, 5.41) is 11.8. The standard InChI is InChI=1S/C49H56ClN5O7/c1-28(2)54(33-21-36(22-33)61-34-13-14-37-38(23-34)46(60)55(45(37)59)40-15-16-43(57)52-44(40)58)27-29-17-19-53(20-18-29)32-10-7-30(8-11-32)41(56)25-42-48(3,4)47(49(42,5)6)62-35-12-9-31(26-51)39(50)24-35/h7-14,23-24,28-29,33,36,40,42,47H,15-22,25,27H2,1-6H3,(H,52,57,58). The second kappa shape index (κ2) is 16.8. The number of benzene rings is 3. The molecule has 0 spiro atoms. The molecule has 0 aromatic heterocycles. The maximum absolute atomic E-state index is 13.7. The number of carbonyl (C=O) groups excluding carboxylic acids is 5. The summed E-state index contributed by atoms with van der Waals surface area (Å²) in [5.74, 6) is -0.122. The van der Waals surface area contributed by atoms with E-state index in [-0.39, 0.29) is 58.7 Å². The van der Waals surface area contributed by atoms with Gasteiger partial charge in [0.1, 0.15) is 35.8 Å². The average molecular weight is 862 g/mol. The van der Waals surface area contributed by atoms with Crippen LogP contribution >= 0.6 is 11.6 Å². The van der Waals surface area contributed by atoms with Gasteiger partial charge in [0.15, 0.2) is 5.78 Å². The number of nitriles is 1. The number of nitrogens with one attached hydrogen (secondary N) is 1. The van der Waals surface area contributed by atoms with Crippen molar-refractivity contribution in [1.29, 1.82) is 5.26 Å². The Kier molecular flexibility index (Phi) is 11.8. The number of ether oxygens (including phenoxy) is 2. The molecule has 3 heterocycles. The molecule has 2 saturated carbocycles. The molecule has 2 saturated heterocycles. The topological polar surface area (TPSA) is 149 Å². The van der Waals surface area contributed by atoms with E-state index in [1.807, 2.05) is 12.1 Å². The van der Waals surface area contributed by atoms with Crippen LogP contribution in [0.15, 0.2) is 60.7 Å². The number of halogens is 1. The third-order valence-electron chi connectivity index (χ3n) is 14.4. The zero-order chi connectivity index (χ0) is 44.2. The monoisotopic (exact) mass is 861 g/mol. The Balaban J connectivity index is 0.795. The molecule has 4 fully saturated rings. The molecular weight excluding hydrogens is 806 g/mol. The Bertz CT molecular complexity index is 2310. The molecule has 4 amide bonds. The first-order chi connectivity index (χ1) is 29.5. The van der Waals surface area contributed by atoms with Crippen molar-refractivity contribution in [1.82, 2.24) is 15.1 Å². The van der Waals surface area contributed by atoms with Gasteiger partial charge in [0.05, 0.1) is 21.7 Å². The molecule has 1 atom stereocenters. The van der Waals surface area contributed by atoms with Crippen molar-refractivity contribution >= 4 is 46.7 Å². The van der Waals surface area contributed by atoms with Gasteiger partial charge < -0.3 is 14.4 Å². The Morgan fingerprint density at radius 1 is 0.887 bits per heavy atom. The van der Waals surface area contributed by atoms with Gasteiger partial charge in [-0.05, 0) is 99.5 Å². The van der Waals surface area contributed by atoms with E-state index in [0.717, 1.165) is 61.5 Å². The second-order valence-electron chi connectivity index (χ2n) is 19.4. The highest BCUT2D eigenvalue weighted by Gasteiger charge is 2.63. The Morgan fingerprint density at radius 2 is 1.53 bits per heavy atom. The van der Waals surface area contributed by atoms with E-state index in [1.54, 1.807) is 36.4 Å². The predicted molar refractivity (Wildman–Crippen MR) is 234 cm³/mol. The third kappa shape index (κ3) is 8.10. The highest BCUT2D eigenvalue weighted by Crippen LogP contribution is 2.62. The van der Waals surface area contributed by atoms with Crippen molar-refractivity contribution in [2.24, 2.45) is 22.7 Å². The quantitative estimate of drug-likeness (QED) is 0.133. The van der Waals surface area contributed by atoms with Crippen LogP contribution in [-0.2, 0) is 9.59 Å². The Labute approximate surface area is 368 Å². The number of Topliss-reactive ketones (excluding diaryl/α,β-unsaturated/α-hetero) is 1. The van der Waals surface area contributed by atoms with Gasteiger partial charge in [-0.1, -0.05) is 39.3 Å². The van der Waals surface area contributed by atoms with Crippen LogP contribution in [0.4, 0.5) is 5.69 Å². The number of ketones is 1. The Morgan fingerprint density at radius 3 is 2.16 bits per heavy atom. The summed E-state index contributed by atoms with van der Waals surface area (Å²) in [5.41, 5.74) is 2.25. The van der Waals surface area contributed by atoms with Crippen LogP contribution in [0.3, 0.4) is 0 Å². The van der Waals surface area contributed by atoms with E-state index in [1.165, 1.54) is 0 Å². The van der Waals surface area contributed by atoms with Crippen molar-refractivity contribution in [3.63, 3.8) is 0 Å². The molecule has 62 heavy (non-hydrogen) atoms. The molecule has 0 bridgehead atoms. The lowest BCUT2D eigenvalue weighted by Gasteiger charge is -2.63. The zero-order valence-electron chi connectivity index (χ0n) is 36.4. The average Bonchev–Trinajstić information content (AvgIpc) is 3.47. The van der Waals surface area contributed by atoms with Crippen LogP contribution < -0.4 is 19.7 Å². The number of fused-ring (bicyclic) bond motifs is 1. The van der Waals surface area contributed by atoms with Gasteiger partial charge in [-0.3, -0.25) is 39.1 Å². The van der Waals surface area contributed by atoms with E-state index >= 15 is 0 Å². The van der Waals surface area contributed by atoms with Crippen LogP contribution in [0.25, 0.3) is 0 Å². The number of rotatable bonds is 13. The van der Waals surface area contributed by atoms with Gasteiger partial charge in [-0.25, -0.2) is 0 Å². The predicted octanol–water partition coefficient (Wildman–Crippen LogP) is 7.85. The van der Waals surface area contributed by atoms with Crippen LogP contribution in [0.1, 0.15) is 123 Å². The van der Waals surface area contributed by atoms with Crippen LogP contribution in [0, 0.1) is 34.0 Å². The third-order valence-corrected chi connectivity index (χ3v) is 14.7. The second-order valence-corrected chi connectivity index (χ2v) is 19.8. The molecule has 5 aliphatic rings. The molecule has 0 radical (unpaired) electrons. The minimum absolute atomic E-state index is 0.00721. The number of nitrogens with zero attached hydrogens (tertiary/aromatic N) is 4. The summed E-state index contributed by atoms with van der Waals surface area (Å²) in [4.78, 5) is 70.1. The lowest BCUT2D eigenvalue weighted by molar-refractivity contribution is -0.196. The molecule has 3 aromatic rings. The lowest BCUT2D eigenvalue weighted by atomic mass is 9.44. The molecule has 1 unspecified atom stereocenters. The summed E-state index contributed by atoms with van der Waals surface area (Å²) in [6.07, 6.45) is 4.39. The number of carbonyl (C=O) groups is 5. The molecule has 3 aliphatic heterocycles. The molecule has 13 heteroatoms. The highest BCUT2D eigenvalue weighted by atomic mass is 35.5. The highest BCUT2D eigenvalue weighted by molar-refractivity contribution is 6.31.